The van der Waals surface area contributed by atoms with Crippen LogP contribution < -0.4 is 0 Å². The molecule has 0 aromatic rings. The molecule has 0 N–H and O–H groups in total. The lowest BCUT2D eigenvalue weighted by atomic mass is 10.0. The third-order valence-corrected chi connectivity index (χ3v) is 6.65. The smallest absolute Gasteiger partial charge is 0.0594 e. The Labute approximate surface area is 194 Å². The minimum absolute atomic E-state index is 0.801. The second-order valence-corrected chi connectivity index (χ2v) is 9.44. The predicted molar refractivity (Wildman–Crippen MR) is 134 cm³/mol. The van der Waals surface area contributed by atoms with Crippen LogP contribution in [0.1, 0.15) is 85.0 Å². The fourth-order valence-electron chi connectivity index (χ4n) is 4.61. The summed E-state index contributed by atoms with van der Waals surface area (Å²) >= 11 is 0. The molecule has 0 radical (unpaired) electrons. The second-order valence-electron chi connectivity index (χ2n) is 9.44. The zero-order valence-corrected chi connectivity index (χ0v) is 21.6. The summed E-state index contributed by atoms with van der Waals surface area (Å²) in [4.78, 5) is 7.64. The fourth-order valence-corrected chi connectivity index (χ4v) is 4.61. The summed E-state index contributed by atoms with van der Waals surface area (Å²) in [5.41, 5.74) is 0. The van der Waals surface area contributed by atoms with Crippen LogP contribution in [-0.2, 0) is 9.47 Å². The number of ether oxygens (including phenoxy) is 2. The van der Waals surface area contributed by atoms with E-state index in [4.69, 9.17) is 9.47 Å². The van der Waals surface area contributed by atoms with E-state index >= 15 is 0 Å². The van der Waals surface area contributed by atoms with Crippen LogP contribution >= 0.6 is 0 Å². The topological polar surface area (TPSA) is 28.2 Å². The van der Waals surface area contributed by atoms with E-state index in [9.17, 15) is 0 Å². The SMILES string of the molecule is CCCCN1CCOCC1.CCCN1CCCCC1.COCCCN1CCCCC1C. The predicted octanol–water partition coefficient (Wildman–Crippen LogP) is 4.90. The summed E-state index contributed by atoms with van der Waals surface area (Å²) in [6.07, 6.45) is 13.6. The molecule has 3 saturated heterocycles. The Balaban J connectivity index is 0.000000235. The highest BCUT2D eigenvalue weighted by Gasteiger charge is 2.16. The first-order valence-corrected chi connectivity index (χ1v) is 13.5. The summed E-state index contributed by atoms with van der Waals surface area (Å²) in [7, 11) is 1.78. The standard InChI is InChI=1S/C10H21NO.C8H17NO.C8H17N/c1-10-6-3-4-7-11(10)8-5-9-12-2;1-2-3-4-9-5-7-10-8-6-9;1-2-6-9-7-4-3-5-8-9/h10H,3-9H2,1-2H3;2-8H2,1H3;2-8H2,1H3. The fraction of sp³-hybridized carbons (Fsp3) is 1.00. The molecular formula is C26H55N3O2. The van der Waals surface area contributed by atoms with Gasteiger partial charge in [-0.25, -0.2) is 0 Å². The number of rotatable bonds is 9. The quantitative estimate of drug-likeness (QED) is 0.475. The summed E-state index contributed by atoms with van der Waals surface area (Å²) < 4.78 is 10.3. The van der Waals surface area contributed by atoms with Crippen LogP contribution in [0, 0.1) is 0 Å². The van der Waals surface area contributed by atoms with E-state index in [2.05, 4.69) is 35.5 Å². The zero-order valence-electron chi connectivity index (χ0n) is 21.6. The molecule has 1 atom stereocenters. The average molecular weight is 442 g/mol. The van der Waals surface area contributed by atoms with Gasteiger partial charge in [-0.15, -0.1) is 0 Å². The number of hydrogen-bond donors (Lipinski definition) is 0. The maximum absolute atomic E-state index is 5.24. The molecule has 0 aromatic carbocycles. The summed E-state index contributed by atoms with van der Waals surface area (Å²) in [5.74, 6) is 0. The van der Waals surface area contributed by atoms with Crippen molar-refractivity contribution in [2.24, 2.45) is 0 Å². The molecule has 3 aliphatic rings. The van der Waals surface area contributed by atoms with E-state index in [-0.39, 0.29) is 0 Å². The number of unbranched alkanes of at least 4 members (excludes halogenated alkanes) is 1. The first-order valence-electron chi connectivity index (χ1n) is 13.5. The van der Waals surface area contributed by atoms with Gasteiger partial charge in [-0.3, -0.25) is 4.90 Å². The third kappa shape index (κ3) is 15.3. The highest BCUT2D eigenvalue weighted by Crippen LogP contribution is 2.16. The van der Waals surface area contributed by atoms with E-state index in [0.717, 1.165) is 39.0 Å². The van der Waals surface area contributed by atoms with Crippen LogP contribution in [0.3, 0.4) is 0 Å². The Kier molecular flexibility index (Phi) is 19.0. The van der Waals surface area contributed by atoms with Crippen LogP contribution in [-0.4, -0.2) is 100 Å². The van der Waals surface area contributed by atoms with Crippen LogP contribution in [0.15, 0.2) is 0 Å². The minimum atomic E-state index is 0.801. The van der Waals surface area contributed by atoms with Crippen LogP contribution in [0.25, 0.3) is 0 Å². The van der Waals surface area contributed by atoms with Crippen molar-refractivity contribution < 1.29 is 9.47 Å². The Morgan fingerprint density at radius 3 is 2.03 bits per heavy atom. The molecule has 0 spiro atoms. The van der Waals surface area contributed by atoms with Gasteiger partial charge in [0.15, 0.2) is 0 Å². The molecule has 0 bridgehead atoms. The monoisotopic (exact) mass is 441 g/mol. The van der Waals surface area contributed by atoms with Gasteiger partial charge >= 0.3 is 0 Å². The average Bonchev–Trinajstić information content (AvgIpc) is 2.82. The summed E-state index contributed by atoms with van der Waals surface area (Å²) in [6.45, 7) is 19.7. The van der Waals surface area contributed by atoms with E-state index in [1.807, 2.05) is 0 Å². The van der Waals surface area contributed by atoms with E-state index in [1.54, 1.807) is 7.11 Å². The molecule has 0 aromatic heterocycles. The van der Waals surface area contributed by atoms with Crippen molar-refractivity contribution in [3.05, 3.63) is 0 Å². The lowest BCUT2D eigenvalue weighted by Crippen LogP contribution is -2.38. The number of methoxy groups -OCH3 is 1. The van der Waals surface area contributed by atoms with Gasteiger partial charge in [-0.1, -0.05) is 33.1 Å². The molecule has 5 nitrogen and oxygen atoms in total. The molecule has 5 heteroatoms. The van der Waals surface area contributed by atoms with Gasteiger partial charge in [0.2, 0.25) is 0 Å². The molecule has 3 rings (SSSR count). The molecular weight excluding hydrogens is 386 g/mol. The Morgan fingerprint density at radius 1 is 0.742 bits per heavy atom. The third-order valence-electron chi connectivity index (χ3n) is 6.65. The number of morpholine rings is 1. The van der Waals surface area contributed by atoms with Crippen molar-refractivity contribution in [3.63, 3.8) is 0 Å². The minimum Gasteiger partial charge on any atom is -0.385 e. The van der Waals surface area contributed by atoms with Gasteiger partial charge in [0.05, 0.1) is 13.2 Å². The molecule has 0 aliphatic carbocycles. The maximum atomic E-state index is 5.24. The molecule has 0 amide bonds. The first-order chi connectivity index (χ1) is 15.2. The molecule has 31 heavy (non-hydrogen) atoms. The van der Waals surface area contributed by atoms with E-state index < -0.39 is 0 Å². The van der Waals surface area contributed by atoms with Crippen molar-refractivity contribution in [2.75, 3.05) is 79.3 Å². The first kappa shape index (κ1) is 28.8. The van der Waals surface area contributed by atoms with Gasteiger partial charge in [-0.05, 0) is 84.6 Å². The maximum Gasteiger partial charge on any atom is 0.0594 e. The zero-order chi connectivity index (χ0) is 22.6. The lowest BCUT2D eigenvalue weighted by Gasteiger charge is -2.33. The van der Waals surface area contributed by atoms with Crippen LogP contribution in [0.4, 0.5) is 0 Å². The van der Waals surface area contributed by atoms with Crippen molar-refractivity contribution in [3.8, 4) is 0 Å². The molecule has 1 unspecified atom stereocenters. The molecule has 3 aliphatic heterocycles. The largest absolute Gasteiger partial charge is 0.385 e. The van der Waals surface area contributed by atoms with E-state index in [0.29, 0.717) is 0 Å². The summed E-state index contributed by atoms with van der Waals surface area (Å²) in [6, 6.07) is 0.801. The van der Waals surface area contributed by atoms with Gasteiger partial charge in [0, 0.05) is 39.4 Å². The second kappa shape index (κ2) is 20.4. The van der Waals surface area contributed by atoms with Crippen molar-refractivity contribution in [1.29, 1.82) is 0 Å². The molecule has 3 fully saturated rings. The van der Waals surface area contributed by atoms with Gasteiger partial charge in [0.1, 0.15) is 0 Å². The normalized spacial score (nSPS) is 23.4. The number of hydrogen-bond acceptors (Lipinski definition) is 5. The Hall–Kier alpha value is -0.200. The Morgan fingerprint density at radius 2 is 1.42 bits per heavy atom. The van der Waals surface area contributed by atoms with Gasteiger partial charge in [0.25, 0.3) is 0 Å². The molecule has 186 valence electrons. The van der Waals surface area contributed by atoms with Gasteiger partial charge in [-0.2, -0.15) is 0 Å². The number of nitrogens with zero attached hydrogens (tertiary/aromatic N) is 3. The number of likely N-dealkylation sites (tertiary alicyclic amines) is 2. The molecule has 3 heterocycles. The highest BCUT2D eigenvalue weighted by atomic mass is 16.5. The van der Waals surface area contributed by atoms with E-state index in [1.165, 1.54) is 103 Å². The number of piperidine rings is 2. The van der Waals surface area contributed by atoms with Gasteiger partial charge < -0.3 is 19.3 Å². The molecule has 0 saturated carbocycles. The van der Waals surface area contributed by atoms with Crippen LogP contribution in [0.2, 0.25) is 0 Å². The lowest BCUT2D eigenvalue weighted by molar-refractivity contribution is 0.0373. The highest BCUT2D eigenvalue weighted by molar-refractivity contribution is 4.72. The van der Waals surface area contributed by atoms with Crippen molar-refractivity contribution in [1.82, 2.24) is 14.7 Å². The van der Waals surface area contributed by atoms with Crippen molar-refractivity contribution >= 4 is 0 Å². The van der Waals surface area contributed by atoms with Crippen molar-refractivity contribution in [2.45, 2.75) is 91.0 Å². The summed E-state index contributed by atoms with van der Waals surface area (Å²) in [5, 5.41) is 0. The Bertz CT molecular complexity index is 369. The van der Waals surface area contributed by atoms with Crippen LogP contribution in [0.5, 0.6) is 0 Å².